The van der Waals surface area contributed by atoms with Crippen LogP contribution in [0.5, 0.6) is 17.2 Å². The number of hydrogen-bond acceptors (Lipinski definition) is 4. The lowest BCUT2D eigenvalue weighted by molar-refractivity contribution is -0.115. The third-order valence-corrected chi connectivity index (χ3v) is 3.86. The zero-order valence-electron chi connectivity index (χ0n) is 14.5. The van der Waals surface area contributed by atoms with E-state index in [1.165, 1.54) is 30.0 Å². The molecule has 3 aromatic carbocycles. The minimum atomic E-state index is -1.11. The lowest BCUT2D eigenvalue weighted by atomic mass is 10.1. The Kier molecular flexibility index (Phi) is 5.08. The van der Waals surface area contributed by atoms with Gasteiger partial charge in [0, 0.05) is 12.6 Å². The van der Waals surface area contributed by atoms with Crippen LogP contribution in [-0.4, -0.2) is 22.1 Å². The second-order valence-corrected chi connectivity index (χ2v) is 5.77. The SMILES string of the molecule is CC(=O)N(c1ccc(Oc2ccc(O)cc2)cc1)c1ccccc1C(=O)O. The Hall–Kier alpha value is -3.80. The van der Waals surface area contributed by atoms with Gasteiger partial charge in [0.1, 0.15) is 17.2 Å². The van der Waals surface area contributed by atoms with Crippen LogP contribution in [-0.2, 0) is 4.79 Å². The lowest BCUT2D eigenvalue weighted by Gasteiger charge is -2.23. The highest BCUT2D eigenvalue weighted by molar-refractivity contribution is 6.05. The maximum Gasteiger partial charge on any atom is 0.337 e. The molecule has 0 radical (unpaired) electrons. The van der Waals surface area contributed by atoms with Crippen molar-refractivity contribution in [3.05, 3.63) is 78.4 Å². The van der Waals surface area contributed by atoms with Crippen molar-refractivity contribution in [2.24, 2.45) is 0 Å². The number of aromatic carboxylic acids is 1. The van der Waals surface area contributed by atoms with Gasteiger partial charge in [0.2, 0.25) is 5.91 Å². The molecule has 27 heavy (non-hydrogen) atoms. The molecule has 0 aliphatic rings. The number of nitrogens with zero attached hydrogens (tertiary/aromatic N) is 1. The number of carbonyl (C=O) groups excluding carboxylic acids is 1. The van der Waals surface area contributed by atoms with Crippen molar-refractivity contribution in [3.8, 4) is 17.2 Å². The largest absolute Gasteiger partial charge is 0.508 e. The standard InChI is InChI=1S/C21H17NO5/c1-14(23)22(20-5-3-2-4-19(20)21(25)26)15-6-10-17(11-7-15)27-18-12-8-16(24)9-13-18/h2-13,24H,1H3,(H,25,26). The first-order valence-corrected chi connectivity index (χ1v) is 8.15. The fraction of sp³-hybridized carbons (Fsp3) is 0.0476. The van der Waals surface area contributed by atoms with E-state index in [0.717, 1.165) is 0 Å². The van der Waals surface area contributed by atoms with E-state index in [-0.39, 0.29) is 17.2 Å². The van der Waals surface area contributed by atoms with Gasteiger partial charge in [-0.3, -0.25) is 9.69 Å². The molecule has 0 fully saturated rings. The second-order valence-electron chi connectivity index (χ2n) is 5.77. The summed E-state index contributed by atoms with van der Waals surface area (Å²) in [7, 11) is 0. The molecule has 0 aliphatic heterocycles. The van der Waals surface area contributed by atoms with Gasteiger partial charge in [0.25, 0.3) is 0 Å². The van der Waals surface area contributed by atoms with Crippen molar-refractivity contribution in [2.75, 3.05) is 4.90 Å². The summed E-state index contributed by atoms with van der Waals surface area (Å²) in [6.07, 6.45) is 0. The van der Waals surface area contributed by atoms with Gasteiger partial charge in [-0.1, -0.05) is 12.1 Å². The van der Waals surface area contributed by atoms with E-state index in [1.807, 2.05) is 0 Å². The monoisotopic (exact) mass is 363 g/mol. The number of ether oxygens (including phenoxy) is 1. The van der Waals surface area contributed by atoms with E-state index in [9.17, 15) is 19.8 Å². The van der Waals surface area contributed by atoms with Crippen molar-refractivity contribution in [2.45, 2.75) is 6.92 Å². The first kappa shape index (κ1) is 18.0. The Morgan fingerprint density at radius 3 is 1.96 bits per heavy atom. The van der Waals surface area contributed by atoms with Crippen LogP contribution in [0.15, 0.2) is 72.8 Å². The predicted octanol–water partition coefficient (Wildman–Crippen LogP) is 4.57. The zero-order valence-corrected chi connectivity index (χ0v) is 14.5. The van der Waals surface area contributed by atoms with Gasteiger partial charge >= 0.3 is 5.97 Å². The average Bonchev–Trinajstić information content (AvgIpc) is 2.65. The number of hydrogen-bond donors (Lipinski definition) is 2. The highest BCUT2D eigenvalue weighted by Crippen LogP contribution is 2.31. The van der Waals surface area contributed by atoms with E-state index in [1.54, 1.807) is 54.6 Å². The molecule has 3 aromatic rings. The van der Waals surface area contributed by atoms with Crippen molar-refractivity contribution < 1.29 is 24.5 Å². The number of phenolic OH excluding ortho intramolecular Hbond substituents is 1. The van der Waals surface area contributed by atoms with Gasteiger partial charge in [-0.2, -0.15) is 0 Å². The Balaban J connectivity index is 1.90. The molecule has 6 nitrogen and oxygen atoms in total. The molecule has 0 saturated heterocycles. The van der Waals surface area contributed by atoms with E-state index in [0.29, 0.717) is 22.9 Å². The molecule has 6 heteroatoms. The second kappa shape index (κ2) is 7.61. The molecule has 1 amide bonds. The summed E-state index contributed by atoms with van der Waals surface area (Å²) in [5, 5.41) is 18.7. The third kappa shape index (κ3) is 4.07. The number of carboxylic acids is 1. The summed E-state index contributed by atoms with van der Waals surface area (Å²) < 4.78 is 5.69. The summed E-state index contributed by atoms with van der Waals surface area (Å²) in [6, 6.07) is 19.4. The third-order valence-electron chi connectivity index (χ3n) is 3.86. The van der Waals surface area contributed by atoms with Crippen molar-refractivity contribution in [1.82, 2.24) is 0 Å². The maximum atomic E-state index is 12.2. The summed E-state index contributed by atoms with van der Waals surface area (Å²) in [5.74, 6) is -0.174. The molecule has 0 unspecified atom stereocenters. The average molecular weight is 363 g/mol. The molecular formula is C21H17NO5. The fourth-order valence-electron chi connectivity index (χ4n) is 2.65. The smallest absolute Gasteiger partial charge is 0.337 e. The number of amides is 1. The van der Waals surface area contributed by atoms with Gasteiger partial charge in [0.05, 0.1) is 11.3 Å². The van der Waals surface area contributed by atoms with Crippen LogP contribution in [0.2, 0.25) is 0 Å². The number of anilines is 2. The van der Waals surface area contributed by atoms with Crippen LogP contribution in [0, 0.1) is 0 Å². The van der Waals surface area contributed by atoms with Crippen LogP contribution in [0.25, 0.3) is 0 Å². The van der Waals surface area contributed by atoms with Crippen LogP contribution < -0.4 is 9.64 Å². The number of aromatic hydroxyl groups is 1. The predicted molar refractivity (Wildman–Crippen MR) is 101 cm³/mol. The van der Waals surface area contributed by atoms with E-state index in [2.05, 4.69) is 0 Å². The minimum Gasteiger partial charge on any atom is -0.508 e. The van der Waals surface area contributed by atoms with Crippen molar-refractivity contribution in [3.63, 3.8) is 0 Å². The van der Waals surface area contributed by atoms with Gasteiger partial charge in [0.15, 0.2) is 0 Å². The fourth-order valence-corrected chi connectivity index (χ4v) is 2.65. The molecule has 2 N–H and O–H groups in total. The van der Waals surface area contributed by atoms with Crippen LogP contribution >= 0.6 is 0 Å². The molecule has 0 aliphatic carbocycles. The molecule has 3 rings (SSSR count). The molecule has 136 valence electrons. The number of rotatable bonds is 5. The first-order valence-electron chi connectivity index (χ1n) is 8.15. The lowest BCUT2D eigenvalue weighted by Crippen LogP contribution is -2.24. The van der Waals surface area contributed by atoms with E-state index < -0.39 is 5.97 Å². The molecule has 0 bridgehead atoms. The summed E-state index contributed by atoms with van der Waals surface area (Å²) >= 11 is 0. The Labute approximate surface area is 155 Å². The Morgan fingerprint density at radius 1 is 0.852 bits per heavy atom. The quantitative estimate of drug-likeness (QED) is 0.693. The maximum absolute atomic E-state index is 12.2. The van der Waals surface area contributed by atoms with Gasteiger partial charge < -0.3 is 14.9 Å². The van der Waals surface area contributed by atoms with Gasteiger partial charge in [-0.05, 0) is 60.7 Å². The highest BCUT2D eigenvalue weighted by Gasteiger charge is 2.20. The van der Waals surface area contributed by atoms with Crippen LogP contribution in [0.1, 0.15) is 17.3 Å². The van der Waals surface area contributed by atoms with Crippen LogP contribution in [0.4, 0.5) is 11.4 Å². The topological polar surface area (TPSA) is 87.1 Å². The number of benzene rings is 3. The molecular weight excluding hydrogens is 346 g/mol. The van der Waals surface area contributed by atoms with E-state index >= 15 is 0 Å². The molecule has 0 spiro atoms. The molecule has 0 atom stereocenters. The number of carboxylic acid groups (broad SMARTS) is 1. The highest BCUT2D eigenvalue weighted by atomic mass is 16.5. The summed E-state index contributed by atoms with van der Waals surface area (Å²) in [5.41, 5.74) is 0.857. The minimum absolute atomic E-state index is 0.0390. The molecule has 0 saturated carbocycles. The normalized spacial score (nSPS) is 10.3. The Morgan fingerprint density at radius 2 is 1.41 bits per heavy atom. The first-order chi connectivity index (χ1) is 13.0. The Bertz CT molecular complexity index is 965. The molecule has 0 heterocycles. The van der Waals surface area contributed by atoms with Crippen LogP contribution in [0.3, 0.4) is 0 Å². The van der Waals surface area contributed by atoms with Crippen molar-refractivity contribution >= 4 is 23.3 Å². The summed E-state index contributed by atoms with van der Waals surface area (Å²) in [6.45, 7) is 1.37. The van der Waals surface area contributed by atoms with Gasteiger partial charge in [-0.25, -0.2) is 4.79 Å². The van der Waals surface area contributed by atoms with Crippen molar-refractivity contribution in [1.29, 1.82) is 0 Å². The number of para-hydroxylation sites is 1. The zero-order chi connectivity index (χ0) is 19.4. The van der Waals surface area contributed by atoms with Gasteiger partial charge in [-0.15, -0.1) is 0 Å². The molecule has 0 aromatic heterocycles. The number of carbonyl (C=O) groups is 2. The van der Waals surface area contributed by atoms with E-state index in [4.69, 9.17) is 4.74 Å². The summed E-state index contributed by atoms with van der Waals surface area (Å²) in [4.78, 5) is 25.0. The number of phenols is 1.